The molecule has 0 aliphatic rings. The van der Waals surface area contributed by atoms with Crippen molar-refractivity contribution in [2.24, 2.45) is 0 Å². The second kappa shape index (κ2) is 24.0. The van der Waals surface area contributed by atoms with E-state index in [1.165, 1.54) is 14.7 Å². The molecule has 2 unspecified atom stereocenters. The van der Waals surface area contributed by atoms with Crippen LogP contribution < -0.4 is 10.6 Å². The van der Waals surface area contributed by atoms with Crippen molar-refractivity contribution in [1.82, 2.24) is 25.3 Å². The van der Waals surface area contributed by atoms with E-state index in [1.54, 1.807) is 90.4 Å². The van der Waals surface area contributed by atoms with Crippen LogP contribution in [0.4, 0.5) is 0 Å². The number of carboxylic acids is 3. The van der Waals surface area contributed by atoms with Gasteiger partial charge in [0.2, 0.25) is 0 Å². The second-order valence-corrected chi connectivity index (χ2v) is 16.6. The summed E-state index contributed by atoms with van der Waals surface area (Å²) in [6.07, 6.45) is -2.52. The van der Waals surface area contributed by atoms with Crippen LogP contribution in [0.2, 0.25) is 0 Å². The van der Waals surface area contributed by atoms with Crippen LogP contribution in [-0.4, -0.2) is 185 Å². The van der Waals surface area contributed by atoms with Gasteiger partial charge in [0.15, 0.2) is 0 Å². The largest absolute Gasteiger partial charge is 0.506 e. The first-order valence-corrected chi connectivity index (χ1v) is 20.8. The summed E-state index contributed by atoms with van der Waals surface area (Å²) in [4.78, 5) is 65.1. The zero-order valence-corrected chi connectivity index (χ0v) is 38.3. The van der Waals surface area contributed by atoms with Crippen molar-refractivity contribution in [1.29, 1.82) is 0 Å². The normalized spacial score (nSPS) is 12.5. The Balaban J connectivity index is 2.34. The molecule has 21 nitrogen and oxygen atoms in total. The summed E-state index contributed by atoms with van der Waals surface area (Å²) in [6.45, 7) is -5.04. The molecule has 0 aliphatic heterocycles. The number of phenolic OH excluding ortho intramolecular Hbond substituents is 4. The Morgan fingerprint density at radius 3 is 1.04 bits per heavy atom. The minimum atomic E-state index is -1.30. The summed E-state index contributed by atoms with van der Waals surface area (Å²) in [7, 11) is 0. The maximum Gasteiger partial charge on any atom is 0.317 e. The minimum absolute atomic E-state index is 0.000621. The molecule has 0 aliphatic carbocycles. The topological polar surface area (TPSA) is 342 Å². The predicted octanol–water partition coefficient (Wildman–Crippen LogP) is -1.05. The van der Waals surface area contributed by atoms with E-state index in [0.29, 0.717) is 0 Å². The van der Waals surface area contributed by atoms with Gasteiger partial charge in [-0.15, -0.1) is 0 Å². The Hall–Kier alpha value is -2.37. The first-order chi connectivity index (χ1) is 26.6. The molecule has 318 valence electrons. The van der Waals surface area contributed by atoms with Crippen molar-refractivity contribution in [2.45, 2.75) is 25.3 Å². The fourth-order valence-electron chi connectivity index (χ4n) is 5.13. The standard InChI is InChI=1S/C32H41I4N5O16/c33-23-21(31(56)37-5-14(44)12-42)24(34)28(53)16(27(23)52)7-40(10-19(48)49)3-1-39(9-18(46)47)2-4-41(11-20(50)51)8-17-29(54)25(35)22(26(36)30(17)55)32(57)38-6-15(45)13-43/h14-15,42-45,52-55H,1-13H2,(H,37,56)(H,38,57)(H,46,47)(H,48,49)(H,50,51). The monoisotopic (exact) mass is 1260 g/mol. The number of amides is 2. The summed E-state index contributed by atoms with van der Waals surface area (Å²) in [6, 6.07) is 0. The molecule has 2 amide bonds. The van der Waals surface area contributed by atoms with Gasteiger partial charge in [0.1, 0.15) is 23.0 Å². The van der Waals surface area contributed by atoms with E-state index in [0.717, 1.165) is 0 Å². The number of aliphatic hydroxyl groups is 4. The highest BCUT2D eigenvalue weighted by molar-refractivity contribution is 14.1. The van der Waals surface area contributed by atoms with Crippen molar-refractivity contribution < 1.29 is 80.1 Å². The van der Waals surface area contributed by atoms with Crippen LogP contribution in [0.1, 0.15) is 31.8 Å². The molecule has 0 bridgehead atoms. The maximum absolute atomic E-state index is 12.8. The molecule has 0 aromatic heterocycles. The molecule has 57 heavy (non-hydrogen) atoms. The number of hydrogen-bond donors (Lipinski definition) is 13. The first kappa shape index (κ1) is 50.8. The van der Waals surface area contributed by atoms with Crippen LogP contribution in [-0.2, 0) is 27.5 Å². The van der Waals surface area contributed by atoms with Gasteiger partial charge in [-0.1, -0.05) is 0 Å². The number of rotatable bonds is 24. The molecule has 2 aromatic carbocycles. The fraction of sp³-hybridized carbons (Fsp3) is 0.469. The molecule has 0 fully saturated rings. The quantitative estimate of drug-likeness (QED) is 0.0558. The van der Waals surface area contributed by atoms with Gasteiger partial charge in [0.05, 0.1) is 81.6 Å². The average Bonchev–Trinajstić information content (AvgIpc) is 3.14. The van der Waals surface area contributed by atoms with Crippen molar-refractivity contribution in [3.05, 3.63) is 36.5 Å². The highest BCUT2D eigenvalue weighted by Crippen LogP contribution is 2.41. The highest BCUT2D eigenvalue weighted by Gasteiger charge is 2.29. The number of hydrogen-bond acceptors (Lipinski definition) is 16. The number of aromatic hydroxyl groups is 4. The lowest BCUT2D eigenvalue weighted by Crippen LogP contribution is -2.43. The van der Waals surface area contributed by atoms with Gasteiger partial charge in [-0.05, 0) is 90.4 Å². The smallest absolute Gasteiger partial charge is 0.317 e. The van der Waals surface area contributed by atoms with Gasteiger partial charge in [0, 0.05) is 52.4 Å². The van der Waals surface area contributed by atoms with E-state index in [-0.39, 0.29) is 88.9 Å². The lowest BCUT2D eigenvalue weighted by Gasteiger charge is -2.29. The number of phenols is 4. The fourth-order valence-corrected chi connectivity index (χ4v) is 9.52. The molecule has 0 heterocycles. The van der Waals surface area contributed by atoms with Gasteiger partial charge < -0.3 is 66.8 Å². The number of carbonyl (C=O) groups excluding carboxylic acids is 2. The second-order valence-electron chi connectivity index (χ2n) is 12.3. The Kier molecular flexibility index (Phi) is 21.4. The first-order valence-electron chi connectivity index (χ1n) is 16.4. The molecule has 2 atom stereocenters. The number of benzene rings is 2. The van der Waals surface area contributed by atoms with Crippen LogP contribution in [0.3, 0.4) is 0 Å². The molecule has 0 saturated heterocycles. The van der Waals surface area contributed by atoms with Crippen molar-refractivity contribution in [2.75, 3.05) is 72.1 Å². The Morgan fingerprint density at radius 2 is 0.772 bits per heavy atom. The molecular formula is C32H41I4N5O16. The summed E-state index contributed by atoms with van der Waals surface area (Å²) in [5.74, 6) is -7.56. The van der Waals surface area contributed by atoms with E-state index >= 15 is 0 Å². The van der Waals surface area contributed by atoms with E-state index in [2.05, 4.69) is 10.6 Å². The third kappa shape index (κ3) is 15.0. The molecule has 0 spiro atoms. The number of carbonyl (C=O) groups is 5. The van der Waals surface area contributed by atoms with Crippen molar-refractivity contribution >= 4 is 120 Å². The lowest BCUT2D eigenvalue weighted by molar-refractivity contribution is -0.140. The zero-order chi connectivity index (χ0) is 43.3. The van der Waals surface area contributed by atoms with Crippen LogP contribution in [0, 0.1) is 14.3 Å². The Morgan fingerprint density at radius 1 is 0.509 bits per heavy atom. The van der Waals surface area contributed by atoms with Crippen LogP contribution in [0.15, 0.2) is 0 Å². The van der Waals surface area contributed by atoms with E-state index in [9.17, 15) is 69.9 Å². The van der Waals surface area contributed by atoms with Crippen LogP contribution in [0.5, 0.6) is 23.0 Å². The van der Waals surface area contributed by atoms with E-state index < -0.39 is 97.8 Å². The molecule has 0 saturated carbocycles. The van der Waals surface area contributed by atoms with Gasteiger partial charge in [-0.3, -0.25) is 38.7 Å². The summed E-state index contributed by atoms with van der Waals surface area (Å²) in [5, 5.41) is 115. The number of nitrogens with one attached hydrogen (secondary N) is 2. The summed E-state index contributed by atoms with van der Waals surface area (Å²) >= 11 is 6.65. The van der Waals surface area contributed by atoms with Crippen LogP contribution in [0.25, 0.3) is 0 Å². The van der Waals surface area contributed by atoms with Crippen molar-refractivity contribution in [3.63, 3.8) is 0 Å². The maximum atomic E-state index is 12.8. The Labute approximate surface area is 379 Å². The molecule has 25 heteroatoms. The number of carboxylic acid groups (broad SMARTS) is 3. The van der Waals surface area contributed by atoms with Gasteiger partial charge >= 0.3 is 17.9 Å². The van der Waals surface area contributed by atoms with Gasteiger partial charge in [-0.25, -0.2) is 0 Å². The predicted molar refractivity (Wildman–Crippen MR) is 231 cm³/mol. The SMILES string of the molecule is O=C(O)CN(CCN(CC(=O)O)Cc1c(O)c(I)c(C(=O)NCC(O)CO)c(I)c1O)CCN(CC(=O)O)Cc1c(O)c(I)c(C(=O)NCC(O)CO)c(I)c1O. The number of aliphatic hydroxyl groups excluding tert-OH is 4. The van der Waals surface area contributed by atoms with Gasteiger partial charge in [0.25, 0.3) is 11.8 Å². The van der Waals surface area contributed by atoms with E-state index in [1.807, 2.05) is 0 Å². The number of aliphatic carboxylic acids is 3. The highest BCUT2D eigenvalue weighted by atomic mass is 127. The molecular weight excluding hydrogens is 1220 g/mol. The molecule has 2 rings (SSSR count). The Bertz CT molecular complexity index is 1630. The number of halogens is 4. The minimum Gasteiger partial charge on any atom is -0.506 e. The molecule has 13 N–H and O–H groups in total. The van der Waals surface area contributed by atoms with Crippen LogP contribution >= 0.6 is 90.4 Å². The average molecular weight is 1260 g/mol. The van der Waals surface area contributed by atoms with Gasteiger partial charge in [-0.2, -0.15) is 0 Å². The molecule has 0 radical (unpaired) electrons. The summed E-state index contributed by atoms with van der Waals surface area (Å²) < 4.78 is -0.00248. The lowest BCUT2D eigenvalue weighted by atomic mass is 10.1. The zero-order valence-electron chi connectivity index (χ0n) is 29.7. The third-order valence-corrected chi connectivity index (χ3v) is 12.2. The van der Waals surface area contributed by atoms with E-state index in [4.69, 9.17) is 10.2 Å². The van der Waals surface area contributed by atoms with Crippen molar-refractivity contribution in [3.8, 4) is 23.0 Å². The molecule has 2 aromatic rings. The number of nitrogens with zero attached hydrogens (tertiary/aromatic N) is 3. The third-order valence-electron chi connectivity index (χ3n) is 8.03. The summed E-state index contributed by atoms with van der Waals surface area (Å²) in [5.41, 5.74) is -0.536.